The molecule has 0 fully saturated rings. The van der Waals surface area contributed by atoms with Crippen molar-refractivity contribution in [3.05, 3.63) is 29.8 Å². The first-order chi connectivity index (χ1) is 8.13. The lowest BCUT2D eigenvalue weighted by Crippen LogP contribution is -2.28. The average Bonchev–Trinajstić information content (AvgIpc) is 2.29. The fourth-order valence-electron chi connectivity index (χ4n) is 1.77. The van der Waals surface area contributed by atoms with Crippen molar-refractivity contribution in [2.75, 3.05) is 45.7 Å². The van der Waals surface area contributed by atoms with Gasteiger partial charge in [-0.3, -0.25) is 0 Å². The van der Waals surface area contributed by atoms with Gasteiger partial charge in [-0.25, -0.2) is 0 Å². The van der Waals surface area contributed by atoms with Gasteiger partial charge in [-0.2, -0.15) is 0 Å². The van der Waals surface area contributed by atoms with E-state index < -0.39 is 0 Å². The Labute approximate surface area is 105 Å². The molecule has 3 heteroatoms. The van der Waals surface area contributed by atoms with Gasteiger partial charge in [0, 0.05) is 39.4 Å². The summed E-state index contributed by atoms with van der Waals surface area (Å²) >= 11 is 0. The standard InChI is InChI=1S/C14H25N3/c1-5-15-9-10-17(4)12-13-7-6-8-14(11-13)16(2)3/h6-8,11,15H,5,9-10,12H2,1-4H3. The van der Waals surface area contributed by atoms with Crippen LogP contribution in [0, 0.1) is 0 Å². The molecule has 1 aromatic carbocycles. The van der Waals surface area contributed by atoms with Crippen LogP contribution in [0.1, 0.15) is 12.5 Å². The van der Waals surface area contributed by atoms with Gasteiger partial charge in [-0.1, -0.05) is 19.1 Å². The largest absolute Gasteiger partial charge is 0.378 e. The van der Waals surface area contributed by atoms with E-state index in [4.69, 9.17) is 0 Å². The van der Waals surface area contributed by atoms with Crippen molar-refractivity contribution in [2.45, 2.75) is 13.5 Å². The summed E-state index contributed by atoms with van der Waals surface area (Å²) in [4.78, 5) is 4.49. The maximum atomic E-state index is 3.34. The lowest BCUT2D eigenvalue weighted by Gasteiger charge is -2.18. The van der Waals surface area contributed by atoms with Gasteiger partial charge in [-0.15, -0.1) is 0 Å². The molecule has 0 saturated heterocycles. The number of anilines is 1. The van der Waals surface area contributed by atoms with Crippen molar-refractivity contribution in [1.82, 2.24) is 10.2 Å². The van der Waals surface area contributed by atoms with Crippen LogP contribution >= 0.6 is 0 Å². The van der Waals surface area contributed by atoms with Crippen LogP contribution in [0.2, 0.25) is 0 Å². The summed E-state index contributed by atoms with van der Waals surface area (Å²) in [5.41, 5.74) is 2.64. The molecule has 1 rings (SSSR count). The van der Waals surface area contributed by atoms with E-state index in [9.17, 15) is 0 Å². The molecule has 0 aromatic heterocycles. The molecule has 0 saturated carbocycles. The molecule has 0 amide bonds. The molecule has 0 radical (unpaired) electrons. The predicted molar refractivity (Wildman–Crippen MR) is 75.6 cm³/mol. The molecule has 0 unspecified atom stereocenters. The highest BCUT2D eigenvalue weighted by molar-refractivity contribution is 5.47. The minimum Gasteiger partial charge on any atom is -0.378 e. The Bertz CT molecular complexity index is 323. The molecule has 0 aliphatic heterocycles. The summed E-state index contributed by atoms with van der Waals surface area (Å²) in [5.74, 6) is 0. The molecule has 0 heterocycles. The Morgan fingerprint density at radius 1 is 1.18 bits per heavy atom. The first-order valence-corrected chi connectivity index (χ1v) is 6.29. The van der Waals surface area contributed by atoms with E-state index in [0.29, 0.717) is 0 Å². The van der Waals surface area contributed by atoms with Gasteiger partial charge < -0.3 is 15.1 Å². The highest BCUT2D eigenvalue weighted by Crippen LogP contribution is 2.14. The second-order valence-corrected chi connectivity index (χ2v) is 4.66. The maximum absolute atomic E-state index is 3.34. The first-order valence-electron chi connectivity index (χ1n) is 6.29. The van der Waals surface area contributed by atoms with Crippen molar-refractivity contribution in [3.8, 4) is 0 Å². The molecule has 17 heavy (non-hydrogen) atoms. The molecule has 3 nitrogen and oxygen atoms in total. The van der Waals surface area contributed by atoms with Crippen LogP contribution < -0.4 is 10.2 Å². The van der Waals surface area contributed by atoms with Crippen molar-refractivity contribution >= 4 is 5.69 Å². The van der Waals surface area contributed by atoms with Gasteiger partial charge in [0.1, 0.15) is 0 Å². The van der Waals surface area contributed by atoms with Gasteiger partial charge in [0.2, 0.25) is 0 Å². The molecule has 96 valence electrons. The van der Waals surface area contributed by atoms with Crippen molar-refractivity contribution < 1.29 is 0 Å². The smallest absolute Gasteiger partial charge is 0.0364 e. The molecule has 1 N–H and O–H groups in total. The third-order valence-electron chi connectivity index (χ3n) is 2.80. The summed E-state index contributed by atoms with van der Waals surface area (Å²) in [6.45, 7) is 6.33. The lowest BCUT2D eigenvalue weighted by molar-refractivity contribution is 0.325. The zero-order valence-electron chi connectivity index (χ0n) is 11.5. The number of likely N-dealkylation sites (N-methyl/N-ethyl adjacent to an activating group) is 2. The van der Waals surface area contributed by atoms with E-state index >= 15 is 0 Å². The van der Waals surface area contributed by atoms with Gasteiger partial charge in [0.25, 0.3) is 0 Å². The topological polar surface area (TPSA) is 18.5 Å². The molecular weight excluding hydrogens is 210 g/mol. The van der Waals surface area contributed by atoms with Gasteiger partial charge in [-0.05, 0) is 31.3 Å². The predicted octanol–water partition coefficient (Wildman–Crippen LogP) is 1.79. The Hall–Kier alpha value is -1.06. The van der Waals surface area contributed by atoms with E-state index in [1.54, 1.807) is 0 Å². The molecule has 0 bridgehead atoms. The molecule has 0 aliphatic rings. The van der Waals surface area contributed by atoms with E-state index in [1.165, 1.54) is 11.3 Å². The molecule has 1 aromatic rings. The number of hydrogen-bond donors (Lipinski definition) is 1. The quantitative estimate of drug-likeness (QED) is 0.727. The average molecular weight is 235 g/mol. The van der Waals surface area contributed by atoms with E-state index in [0.717, 1.165) is 26.2 Å². The third-order valence-corrected chi connectivity index (χ3v) is 2.80. The summed E-state index contributed by atoms with van der Waals surface area (Å²) in [6.07, 6.45) is 0. The van der Waals surface area contributed by atoms with Crippen molar-refractivity contribution in [3.63, 3.8) is 0 Å². The molecule has 0 aliphatic carbocycles. The summed E-state index contributed by atoms with van der Waals surface area (Å²) < 4.78 is 0. The van der Waals surface area contributed by atoms with Crippen molar-refractivity contribution in [1.29, 1.82) is 0 Å². The van der Waals surface area contributed by atoms with Crippen LogP contribution in [0.15, 0.2) is 24.3 Å². The minimum absolute atomic E-state index is 1.01. The maximum Gasteiger partial charge on any atom is 0.0364 e. The van der Waals surface area contributed by atoms with Crippen molar-refractivity contribution in [2.24, 2.45) is 0 Å². The van der Waals surface area contributed by atoms with Gasteiger partial charge >= 0.3 is 0 Å². The number of nitrogens with one attached hydrogen (secondary N) is 1. The molecule has 0 atom stereocenters. The summed E-state index contributed by atoms with van der Waals surface area (Å²) in [6, 6.07) is 8.71. The Morgan fingerprint density at radius 2 is 1.94 bits per heavy atom. The Kier molecular flexibility index (Phi) is 6.01. The Balaban J connectivity index is 2.47. The molecule has 0 spiro atoms. The minimum atomic E-state index is 1.01. The van der Waals surface area contributed by atoms with E-state index in [2.05, 4.69) is 67.4 Å². The highest BCUT2D eigenvalue weighted by atomic mass is 15.1. The van der Waals surface area contributed by atoms with Crippen LogP contribution in [0.4, 0.5) is 5.69 Å². The van der Waals surface area contributed by atoms with Crippen LogP contribution in [0.25, 0.3) is 0 Å². The van der Waals surface area contributed by atoms with Crippen LogP contribution in [-0.4, -0.2) is 45.7 Å². The number of nitrogens with zero attached hydrogens (tertiary/aromatic N) is 2. The first kappa shape index (κ1) is 14.0. The zero-order chi connectivity index (χ0) is 12.7. The summed E-state index contributed by atoms with van der Waals surface area (Å²) in [7, 11) is 6.32. The monoisotopic (exact) mass is 235 g/mol. The number of rotatable bonds is 7. The second kappa shape index (κ2) is 7.30. The summed E-state index contributed by atoms with van der Waals surface area (Å²) in [5, 5.41) is 3.34. The van der Waals surface area contributed by atoms with Gasteiger partial charge in [0.15, 0.2) is 0 Å². The SMILES string of the molecule is CCNCCN(C)Cc1cccc(N(C)C)c1. The van der Waals surface area contributed by atoms with E-state index in [-0.39, 0.29) is 0 Å². The zero-order valence-corrected chi connectivity index (χ0v) is 11.5. The van der Waals surface area contributed by atoms with Crippen LogP contribution in [0.3, 0.4) is 0 Å². The Morgan fingerprint density at radius 3 is 2.59 bits per heavy atom. The normalized spacial score (nSPS) is 10.9. The third kappa shape index (κ3) is 5.20. The van der Waals surface area contributed by atoms with Crippen LogP contribution in [0.5, 0.6) is 0 Å². The lowest BCUT2D eigenvalue weighted by atomic mass is 10.2. The highest BCUT2D eigenvalue weighted by Gasteiger charge is 2.01. The van der Waals surface area contributed by atoms with Crippen LogP contribution in [-0.2, 0) is 6.54 Å². The van der Waals surface area contributed by atoms with E-state index in [1.807, 2.05) is 0 Å². The fraction of sp³-hybridized carbons (Fsp3) is 0.571. The fourth-order valence-corrected chi connectivity index (χ4v) is 1.77. The molecular formula is C14H25N3. The van der Waals surface area contributed by atoms with Gasteiger partial charge in [0.05, 0.1) is 0 Å². The number of hydrogen-bond acceptors (Lipinski definition) is 3. The second-order valence-electron chi connectivity index (χ2n) is 4.66. The number of benzene rings is 1.